The van der Waals surface area contributed by atoms with Gasteiger partial charge in [0.15, 0.2) is 0 Å². The van der Waals surface area contributed by atoms with E-state index in [1.165, 1.54) is 12.0 Å². The number of aromatic nitrogens is 1. The zero-order valence-corrected chi connectivity index (χ0v) is 19.3. The standard InChI is InChI=1S/C23H31ClF3N3O2/c1-22(2)16-4-3-15(19(22)9-16)13-32-14-18(31)12-29-5-7-30(8-6-29)21-20(24)10-17(11-28-21)23(25,26)27/h3,10-11,16,18-19,31H,4-9,12-14H2,1-2H3. The van der Waals surface area contributed by atoms with Crippen LogP contribution in [-0.4, -0.2) is 67.0 Å². The number of ether oxygens (including phenoxy) is 1. The third-order valence-electron chi connectivity index (χ3n) is 7.45. The summed E-state index contributed by atoms with van der Waals surface area (Å²) in [5.41, 5.74) is 0.897. The number of alkyl halides is 3. The van der Waals surface area contributed by atoms with Crippen LogP contribution in [0.15, 0.2) is 23.9 Å². The lowest BCUT2D eigenvalue weighted by atomic mass is 9.49. The fourth-order valence-electron chi connectivity index (χ4n) is 5.26. The predicted octanol–water partition coefficient (Wildman–Crippen LogP) is 4.25. The predicted molar refractivity (Wildman–Crippen MR) is 118 cm³/mol. The largest absolute Gasteiger partial charge is 0.417 e. The van der Waals surface area contributed by atoms with E-state index in [0.29, 0.717) is 63.1 Å². The number of rotatable bonds is 7. The van der Waals surface area contributed by atoms with Crippen molar-refractivity contribution in [2.45, 2.75) is 39.0 Å². The maximum Gasteiger partial charge on any atom is 0.417 e. The average Bonchev–Trinajstić information content (AvgIpc) is 2.73. The van der Waals surface area contributed by atoms with Crippen molar-refractivity contribution in [1.82, 2.24) is 9.88 Å². The quantitative estimate of drug-likeness (QED) is 0.600. The van der Waals surface area contributed by atoms with Crippen molar-refractivity contribution in [2.75, 3.05) is 50.8 Å². The Balaban J connectivity index is 1.19. The zero-order valence-electron chi connectivity index (χ0n) is 18.5. The molecule has 0 amide bonds. The van der Waals surface area contributed by atoms with Crippen molar-refractivity contribution in [3.63, 3.8) is 0 Å². The molecule has 9 heteroatoms. The molecule has 0 radical (unpaired) electrons. The van der Waals surface area contributed by atoms with E-state index in [2.05, 4.69) is 29.8 Å². The van der Waals surface area contributed by atoms with Crippen LogP contribution in [0.1, 0.15) is 32.3 Å². The minimum Gasteiger partial charge on any atom is -0.389 e. The number of β-amino-alcohol motifs (C(OH)–C–C–N with tert-alkyl or cyclic N) is 1. The number of allylic oxidation sites excluding steroid dienone is 1. The molecule has 3 aliphatic carbocycles. The molecule has 2 bridgehead atoms. The van der Waals surface area contributed by atoms with E-state index in [-0.39, 0.29) is 5.02 Å². The van der Waals surface area contributed by atoms with E-state index in [0.717, 1.165) is 24.6 Å². The van der Waals surface area contributed by atoms with Gasteiger partial charge in [-0.1, -0.05) is 31.5 Å². The van der Waals surface area contributed by atoms with Crippen molar-refractivity contribution < 1.29 is 23.0 Å². The number of aliphatic hydroxyl groups is 1. The van der Waals surface area contributed by atoms with Crippen LogP contribution >= 0.6 is 11.6 Å². The molecule has 32 heavy (non-hydrogen) atoms. The minimum atomic E-state index is -4.46. The summed E-state index contributed by atoms with van der Waals surface area (Å²) in [4.78, 5) is 7.95. The van der Waals surface area contributed by atoms with E-state index in [1.807, 2.05) is 4.90 Å². The second-order valence-corrected chi connectivity index (χ2v) is 10.2. The number of pyridine rings is 1. The molecule has 0 spiro atoms. The van der Waals surface area contributed by atoms with Crippen LogP contribution in [0.2, 0.25) is 5.02 Å². The molecular weight excluding hydrogens is 443 g/mol. The Morgan fingerprint density at radius 3 is 2.59 bits per heavy atom. The molecule has 1 aliphatic heterocycles. The summed E-state index contributed by atoms with van der Waals surface area (Å²) in [6.07, 6.45) is 0.480. The van der Waals surface area contributed by atoms with Gasteiger partial charge in [0.1, 0.15) is 5.82 Å². The van der Waals surface area contributed by atoms with Crippen LogP contribution in [0.25, 0.3) is 0 Å². The molecule has 3 atom stereocenters. The maximum atomic E-state index is 12.8. The molecule has 1 aromatic rings. The van der Waals surface area contributed by atoms with Gasteiger partial charge in [0.05, 0.1) is 29.9 Å². The number of piperazine rings is 1. The molecule has 0 aromatic carbocycles. The van der Waals surface area contributed by atoms with Crippen molar-refractivity contribution in [3.05, 3.63) is 34.5 Å². The number of fused-ring (bicyclic) bond motifs is 1. The summed E-state index contributed by atoms with van der Waals surface area (Å²) in [6.45, 7) is 8.54. The Bertz CT molecular complexity index is 853. The van der Waals surface area contributed by atoms with Gasteiger partial charge in [-0.15, -0.1) is 0 Å². The van der Waals surface area contributed by atoms with Gasteiger partial charge in [0.2, 0.25) is 0 Å². The Hall–Kier alpha value is -1.35. The lowest BCUT2D eigenvalue weighted by molar-refractivity contribution is -0.137. The van der Waals surface area contributed by atoms with E-state index in [9.17, 15) is 18.3 Å². The van der Waals surface area contributed by atoms with Crippen LogP contribution in [0.3, 0.4) is 0 Å². The van der Waals surface area contributed by atoms with Crippen LogP contribution in [0.4, 0.5) is 19.0 Å². The van der Waals surface area contributed by atoms with Crippen molar-refractivity contribution in [3.8, 4) is 0 Å². The van der Waals surface area contributed by atoms with Gasteiger partial charge in [-0.05, 0) is 41.7 Å². The first kappa shape index (κ1) is 23.8. The number of hydrogen-bond acceptors (Lipinski definition) is 5. The number of anilines is 1. The van der Waals surface area contributed by atoms with Gasteiger partial charge in [0.25, 0.3) is 0 Å². The zero-order chi connectivity index (χ0) is 23.1. The Labute approximate surface area is 192 Å². The highest BCUT2D eigenvalue weighted by Crippen LogP contribution is 2.59. The fourth-order valence-corrected chi connectivity index (χ4v) is 5.55. The summed E-state index contributed by atoms with van der Waals surface area (Å²) < 4.78 is 44.3. The third kappa shape index (κ3) is 4.93. The average molecular weight is 474 g/mol. The molecule has 5 nitrogen and oxygen atoms in total. The first-order valence-electron chi connectivity index (χ1n) is 11.2. The van der Waals surface area contributed by atoms with Crippen molar-refractivity contribution in [1.29, 1.82) is 0 Å². The normalized spacial score (nSPS) is 26.5. The highest BCUT2D eigenvalue weighted by molar-refractivity contribution is 6.33. The summed E-state index contributed by atoms with van der Waals surface area (Å²) in [6, 6.07) is 0.921. The third-order valence-corrected chi connectivity index (χ3v) is 7.73. The van der Waals surface area contributed by atoms with Crippen LogP contribution in [0.5, 0.6) is 0 Å². The Kier molecular flexibility index (Phi) is 6.78. The summed E-state index contributed by atoms with van der Waals surface area (Å²) in [7, 11) is 0. The van der Waals surface area contributed by atoms with E-state index >= 15 is 0 Å². The number of hydrogen-bond donors (Lipinski definition) is 1. The molecule has 1 N–H and O–H groups in total. The monoisotopic (exact) mass is 473 g/mol. The Morgan fingerprint density at radius 2 is 2.00 bits per heavy atom. The smallest absolute Gasteiger partial charge is 0.389 e. The summed E-state index contributed by atoms with van der Waals surface area (Å²) in [5, 5.41) is 10.4. The number of halogens is 4. The molecule has 1 saturated carbocycles. The number of nitrogens with zero attached hydrogens (tertiary/aromatic N) is 3. The first-order chi connectivity index (χ1) is 15.1. The lowest BCUT2D eigenvalue weighted by Gasteiger charge is -2.56. The molecule has 3 unspecified atom stereocenters. The van der Waals surface area contributed by atoms with Gasteiger partial charge < -0.3 is 14.7 Å². The van der Waals surface area contributed by atoms with Crippen LogP contribution < -0.4 is 4.90 Å². The molecule has 178 valence electrons. The maximum absolute atomic E-state index is 12.8. The molecule has 2 heterocycles. The SMILES string of the molecule is CC1(C)C2CC=C(COCC(O)CN3CCN(c4ncc(C(F)(F)F)cc4Cl)CC3)C1C2. The van der Waals surface area contributed by atoms with Crippen LogP contribution in [0, 0.1) is 17.3 Å². The molecular formula is C23H31ClF3N3O2. The van der Waals surface area contributed by atoms with Crippen molar-refractivity contribution >= 4 is 17.4 Å². The second-order valence-electron chi connectivity index (χ2n) is 9.81. The van der Waals surface area contributed by atoms with Gasteiger partial charge in [0, 0.05) is 38.9 Å². The minimum absolute atomic E-state index is 0.000289. The molecule has 1 saturated heterocycles. The number of aliphatic hydroxyl groups excluding tert-OH is 1. The molecule has 5 rings (SSSR count). The van der Waals surface area contributed by atoms with Gasteiger partial charge >= 0.3 is 6.18 Å². The first-order valence-corrected chi connectivity index (χ1v) is 11.6. The van der Waals surface area contributed by atoms with Crippen LogP contribution in [-0.2, 0) is 10.9 Å². The Morgan fingerprint density at radius 1 is 1.28 bits per heavy atom. The van der Waals surface area contributed by atoms with Gasteiger partial charge in [-0.2, -0.15) is 13.2 Å². The van der Waals surface area contributed by atoms with E-state index in [4.69, 9.17) is 16.3 Å². The highest BCUT2D eigenvalue weighted by Gasteiger charge is 2.51. The summed E-state index contributed by atoms with van der Waals surface area (Å²) in [5.74, 6) is 1.77. The van der Waals surface area contributed by atoms with E-state index < -0.39 is 17.8 Å². The second kappa shape index (κ2) is 9.12. The van der Waals surface area contributed by atoms with Gasteiger partial charge in [-0.25, -0.2) is 4.98 Å². The van der Waals surface area contributed by atoms with Crippen molar-refractivity contribution in [2.24, 2.45) is 17.3 Å². The topological polar surface area (TPSA) is 48.8 Å². The summed E-state index contributed by atoms with van der Waals surface area (Å²) >= 11 is 6.06. The molecule has 1 aromatic heterocycles. The van der Waals surface area contributed by atoms with E-state index in [1.54, 1.807) is 0 Å². The van der Waals surface area contributed by atoms with Gasteiger partial charge in [-0.3, -0.25) is 4.90 Å². The fraction of sp³-hybridized carbons (Fsp3) is 0.696. The lowest BCUT2D eigenvalue weighted by Crippen LogP contribution is -2.50. The highest BCUT2D eigenvalue weighted by atomic mass is 35.5. The molecule has 4 aliphatic rings. The molecule has 2 fully saturated rings.